The van der Waals surface area contributed by atoms with Crippen molar-refractivity contribution in [2.75, 3.05) is 13.1 Å². The zero-order valence-corrected chi connectivity index (χ0v) is 9.04. The fraction of sp³-hybridized carbons (Fsp3) is 0.417. The van der Waals surface area contributed by atoms with Crippen LogP contribution in [0, 0.1) is 0 Å². The summed E-state index contributed by atoms with van der Waals surface area (Å²) in [6, 6.07) is 9.35. The number of aliphatic hydroxyl groups is 1. The van der Waals surface area contributed by atoms with Gasteiger partial charge in [0.05, 0.1) is 18.7 Å². The van der Waals surface area contributed by atoms with E-state index in [0.717, 1.165) is 5.56 Å². The predicted molar refractivity (Wildman–Crippen MR) is 60.6 cm³/mol. The predicted octanol–water partition coefficient (Wildman–Crippen LogP) is 0.280. The molecule has 4 heteroatoms. The zero-order valence-electron chi connectivity index (χ0n) is 9.04. The lowest BCUT2D eigenvalue weighted by Crippen LogP contribution is -2.37. The van der Waals surface area contributed by atoms with Gasteiger partial charge in [0.1, 0.15) is 0 Å². The van der Waals surface area contributed by atoms with Crippen molar-refractivity contribution in [1.82, 2.24) is 4.90 Å². The van der Waals surface area contributed by atoms with Crippen LogP contribution in [-0.2, 0) is 4.79 Å². The van der Waals surface area contributed by atoms with Crippen molar-refractivity contribution in [2.24, 2.45) is 5.73 Å². The Balaban J connectivity index is 2.26. The van der Waals surface area contributed by atoms with Gasteiger partial charge in [0.2, 0.25) is 5.91 Å². The second-order valence-corrected chi connectivity index (χ2v) is 4.00. The van der Waals surface area contributed by atoms with E-state index in [0.29, 0.717) is 13.0 Å². The third-order valence-corrected chi connectivity index (χ3v) is 3.00. The van der Waals surface area contributed by atoms with E-state index in [4.69, 9.17) is 5.73 Å². The molecule has 1 aromatic rings. The topological polar surface area (TPSA) is 66.6 Å². The zero-order chi connectivity index (χ0) is 11.5. The van der Waals surface area contributed by atoms with E-state index >= 15 is 0 Å². The summed E-state index contributed by atoms with van der Waals surface area (Å²) in [5.74, 6) is -0.106. The highest BCUT2D eigenvalue weighted by Crippen LogP contribution is 2.31. The van der Waals surface area contributed by atoms with Crippen LogP contribution in [0.5, 0.6) is 0 Å². The number of carbonyl (C=O) groups is 1. The molecule has 2 rings (SSSR count). The maximum atomic E-state index is 11.6. The summed E-state index contributed by atoms with van der Waals surface area (Å²) in [5.41, 5.74) is 6.33. The molecular formula is C12H16N2O2. The summed E-state index contributed by atoms with van der Waals surface area (Å²) in [6.45, 7) is 0.576. The van der Waals surface area contributed by atoms with Gasteiger partial charge < -0.3 is 15.7 Å². The molecule has 2 atom stereocenters. The van der Waals surface area contributed by atoms with Gasteiger partial charge in [-0.3, -0.25) is 4.79 Å². The van der Waals surface area contributed by atoms with Crippen LogP contribution in [0.1, 0.15) is 18.0 Å². The van der Waals surface area contributed by atoms with Gasteiger partial charge in [-0.25, -0.2) is 0 Å². The number of amides is 1. The molecule has 0 aliphatic carbocycles. The van der Waals surface area contributed by atoms with Crippen LogP contribution in [0.3, 0.4) is 0 Å². The Morgan fingerprint density at radius 3 is 2.75 bits per heavy atom. The van der Waals surface area contributed by atoms with Crippen molar-refractivity contribution in [1.29, 1.82) is 0 Å². The molecule has 1 fully saturated rings. The number of rotatable bonds is 2. The molecule has 0 aromatic heterocycles. The number of hydrogen-bond donors (Lipinski definition) is 2. The molecule has 0 radical (unpaired) electrons. The van der Waals surface area contributed by atoms with Crippen LogP contribution in [0.15, 0.2) is 30.3 Å². The van der Waals surface area contributed by atoms with Gasteiger partial charge in [-0.2, -0.15) is 0 Å². The fourth-order valence-electron chi connectivity index (χ4n) is 2.23. The van der Waals surface area contributed by atoms with Crippen LogP contribution in [-0.4, -0.2) is 35.1 Å². The highest BCUT2D eigenvalue weighted by Gasteiger charge is 2.36. The van der Waals surface area contributed by atoms with Crippen molar-refractivity contribution in [2.45, 2.75) is 18.6 Å². The van der Waals surface area contributed by atoms with Crippen LogP contribution in [0.25, 0.3) is 0 Å². The van der Waals surface area contributed by atoms with Gasteiger partial charge in [-0.15, -0.1) is 0 Å². The van der Waals surface area contributed by atoms with Crippen molar-refractivity contribution in [3.63, 3.8) is 0 Å². The van der Waals surface area contributed by atoms with Crippen molar-refractivity contribution >= 4 is 5.91 Å². The second-order valence-electron chi connectivity index (χ2n) is 4.00. The van der Waals surface area contributed by atoms with Crippen LogP contribution >= 0.6 is 0 Å². The highest BCUT2D eigenvalue weighted by atomic mass is 16.3. The Bertz CT molecular complexity index is 367. The Hall–Kier alpha value is -1.39. The standard InChI is InChI=1S/C12H16N2O2/c13-8-11(16)14-7-6-10(15)12(14)9-4-2-1-3-5-9/h1-5,10,12,15H,6-8,13H2/t10-,12?/m0/s1. The first kappa shape index (κ1) is 11.1. The fourth-order valence-corrected chi connectivity index (χ4v) is 2.23. The lowest BCUT2D eigenvalue weighted by Gasteiger charge is -2.26. The minimum atomic E-state index is -0.488. The summed E-state index contributed by atoms with van der Waals surface area (Å²) < 4.78 is 0. The van der Waals surface area contributed by atoms with E-state index in [1.165, 1.54) is 0 Å². The maximum Gasteiger partial charge on any atom is 0.236 e. The lowest BCUT2D eigenvalue weighted by molar-refractivity contribution is -0.131. The maximum absolute atomic E-state index is 11.6. The summed E-state index contributed by atoms with van der Waals surface area (Å²) in [5, 5.41) is 9.92. The van der Waals surface area contributed by atoms with Crippen molar-refractivity contribution in [3.05, 3.63) is 35.9 Å². The Kier molecular flexibility index (Phi) is 3.22. The number of carbonyl (C=O) groups excluding carboxylic acids is 1. The molecule has 1 heterocycles. The van der Waals surface area contributed by atoms with Gasteiger partial charge in [0.15, 0.2) is 0 Å². The van der Waals surface area contributed by atoms with E-state index in [-0.39, 0.29) is 18.5 Å². The van der Waals surface area contributed by atoms with E-state index in [2.05, 4.69) is 0 Å². The number of nitrogens with two attached hydrogens (primary N) is 1. The largest absolute Gasteiger partial charge is 0.391 e. The molecule has 1 saturated heterocycles. The van der Waals surface area contributed by atoms with E-state index in [9.17, 15) is 9.90 Å². The quantitative estimate of drug-likeness (QED) is 0.752. The molecular weight excluding hydrogens is 204 g/mol. The van der Waals surface area contributed by atoms with Crippen LogP contribution in [0.2, 0.25) is 0 Å². The molecule has 4 nitrogen and oxygen atoms in total. The summed E-state index contributed by atoms with van der Waals surface area (Å²) in [4.78, 5) is 13.3. The average molecular weight is 220 g/mol. The molecule has 16 heavy (non-hydrogen) atoms. The third kappa shape index (κ3) is 1.94. The Morgan fingerprint density at radius 1 is 1.44 bits per heavy atom. The molecule has 1 amide bonds. The van der Waals surface area contributed by atoms with E-state index < -0.39 is 6.10 Å². The Labute approximate surface area is 94.7 Å². The SMILES string of the molecule is NCC(=O)N1CC[C@H](O)C1c1ccccc1. The lowest BCUT2D eigenvalue weighted by atomic mass is 10.0. The third-order valence-electron chi connectivity index (χ3n) is 3.00. The number of nitrogens with zero attached hydrogens (tertiary/aromatic N) is 1. The van der Waals surface area contributed by atoms with Crippen molar-refractivity contribution in [3.8, 4) is 0 Å². The van der Waals surface area contributed by atoms with Crippen molar-refractivity contribution < 1.29 is 9.90 Å². The molecule has 0 spiro atoms. The van der Waals surface area contributed by atoms with E-state index in [1.54, 1.807) is 4.90 Å². The molecule has 0 bridgehead atoms. The normalized spacial score (nSPS) is 24.8. The van der Waals surface area contributed by atoms with E-state index in [1.807, 2.05) is 30.3 Å². The van der Waals surface area contributed by atoms with Gasteiger partial charge in [0, 0.05) is 6.54 Å². The van der Waals surface area contributed by atoms with Gasteiger partial charge in [-0.05, 0) is 12.0 Å². The molecule has 1 aromatic carbocycles. The summed E-state index contributed by atoms with van der Waals surface area (Å²) >= 11 is 0. The summed E-state index contributed by atoms with van der Waals surface area (Å²) in [6.07, 6.45) is 0.128. The smallest absolute Gasteiger partial charge is 0.236 e. The van der Waals surface area contributed by atoms with Crippen LogP contribution < -0.4 is 5.73 Å². The number of likely N-dealkylation sites (tertiary alicyclic amines) is 1. The molecule has 1 aliphatic heterocycles. The summed E-state index contributed by atoms with van der Waals surface area (Å²) in [7, 11) is 0. The number of hydrogen-bond acceptors (Lipinski definition) is 3. The van der Waals surface area contributed by atoms with Gasteiger partial charge in [-0.1, -0.05) is 30.3 Å². The molecule has 86 valence electrons. The van der Waals surface area contributed by atoms with Gasteiger partial charge in [0.25, 0.3) is 0 Å². The van der Waals surface area contributed by atoms with Crippen LogP contribution in [0.4, 0.5) is 0 Å². The second kappa shape index (κ2) is 4.63. The molecule has 1 unspecified atom stereocenters. The molecule has 0 saturated carbocycles. The highest BCUT2D eigenvalue weighted by molar-refractivity contribution is 5.79. The first-order chi connectivity index (χ1) is 7.74. The monoisotopic (exact) mass is 220 g/mol. The first-order valence-corrected chi connectivity index (χ1v) is 5.46. The first-order valence-electron chi connectivity index (χ1n) is 5.46. The Morgan fingerprint density at radius 2 is 2.12 bits per heavy atom. The minimum Gasteiger partial charge on any atom is -0.391 e. The molecule has 3 N–H and O–H groups in total. The van der Waals surface area contributed by atoms with Gasteiger partial charge >= 0.3 is 0 Å². The number of aliphatic hydroxyl groups excluding tert-OH is 1. The molecule has 1 aliphatic rings. The average Bonchev–Trinajstić information content (AvgIpc) is 2.71. The minimum absolute atomic E-state index is 0.00392. The number of benzene rings is 1.